The third-order valence-corrected chi connectivity index (χ3v) is 4.77. The van der Waals surface area contributed by atoms with Crippen LogP contribution in [0.1, 0.15) is 5.56 Å². The van der Waals surface area contributed by atoms with E-state index in [0.717, 1.165) is 12.1 Å². The zero-order chi connectivity index (χ0) is 22.9. The normalized spacial score (nSPS) is 11.4. The molecule has 2 N–H and O–H groups in total. The fourth-order valence-corrected chi connectivity index (χ4v) is 3.21. The highest BCUT2D eigenvalue weighted by Gasteiger charge is 2.30. The Morgan fingerprint density at radius 2 is 1.81 bits per heavy atom. The van der Waals surface area contributed by atoms with Gasteiger partial charge in [-0.15, -0.1) is 0 Å². The molecule has 32 heavy (non-hydrogen) atoms. The van der Waals surface area contributed by atoms with Gasteiger partial charge in [0.1, 0.15) is 17.6 Å². The SMILES string of the molecule is Cn1ccc2ncnc(Oc3ccc(NC(=O)Nc4cccc(C(F)(F)F)c4)cc3Cl)c21. The van der Waals surface area contributed by atoms with Crippen molar-refractivity contribution in [2.75, 3.05) is 10.6 Å². The number of nitrogens with one attached hydrogen (secondary N) is 2. The van der Waals surface area contributed by atoms with Crippen LogP contribution in [-0.4, -0.2) is 20.6 Å². The summed E-state index contributed by atoms with van der Waals surface area (Å²) in [4.78, 5) is 20.5. The first-order chi connectivity index (χ1) is 15.2. The minimum atomic E-state index is -4.51. The zero-order valence-electron chi connectivity index (χ0n) is 16.4. The molecular weight excluding hydrogens is 447 g/mol. The quantitative estimate of drug-likeness (QED) is 0.386. The van der Waals surface area contributed by atoms with E-state index in [4.69, 9.17) is 16.3 Å². The Kier molecular flexibility index (Phi) is 5.62. The molecule has 7 nitrogen and oxygen atoms in total. The Labute approximate surface area is 184 Å². The maximum atomic E-state index is 12.8. The van der Waals surface area contributed by atoms with E-state index < -0.39 is 17.8 Å². The van der Waals surface area contributed by atoms with Gasteiger partial charge in [-0.25, -0.2) is 9.78 Å². The van der Waals surface area contributed by atoms with Gasteiger partial charge in [-0.2, -0.15) is 18.2 Å². The van der Waals surface area contributed by atoms with E-state index in [2.05, 4.69) is 20.6 Å². The standard InChI is InChI=1S/C21H15ClF3N5O2/c1-30-8-7-16-18(30)19(27-11-26-16)32-17-6-5-14(10-15(17)22)29-20(31)28-13-4-2-3-12(9-13)21(23,24)25/h2-11H,1H3,(H2,28,29,31). The van der Waals surface area contributed by atoms with E-state index >= 15 is 0 Å². The third kappa shape index (κ3) is 4.59. The van der Waals surface area contributed by atoms with Crippen LogP contribution in [0.5, 0.6) is 11.6 Å². The maximum absolute atomic E-state index is 12.8. The number of rotatable bonds is 4. The average Bonchev–Trinajstić information content (AvgIpc) is 3.11. The summed E-state index contributed by atoms with van der Waals surface area (Å²) in [5.41, 5.74) is 0.846. The van der Waals surface area contributed by atoms with Crippen LogP contribution < -0.4 is 15.4 Å². The number of aryl methyl sites for hydroxylation is 1. The van der Waals surface area contributed by atoms with Crippen molar-refractivity contribution in [3.8, 4) is 11.6 Å². The van der Waals surface area contributed by atoms with Crippen LogP contribution in [0.4, 0.5) is 29.3 Å². The number of aromatic nitrogens is 3. The van der Waals surface area contributed by atoms with Gasteiger partial charge in [-0.1, -0.05) is 17.7 Å². The Balaban J connectivity index is 1.46. The van der Waals surface area contributed by atoms with Crippen molar-refractivity contribution < 1.29 is 22.7 Å². The van der Waals surface area contributed by atoms with E-state index in [-0.39, 0.29) is 10.7 Å². The molecule has 0 fully saturated rings. The van der Waals surface area contributed by atoms with Crippen molar-refractivity contribution in [2.45, 2.75) is 6.18 Å². The second-order valence-corrected chi connectivity index (χ2v) is 7.15. The number of anilines is 2. The van der Waals surface area contributed by atoms with E-state index in [9.17, 15) is 18.0 Å². The number of nitrogens with zero attached hydrogens (tertiary/aromatic N) is 3. The lowest BCUT2D eigenvalue weighted by Gasteiger charge is -2.12. The molecule has 0 aliphatic rings. The van der Waals surface area contributed by atoms with Crippen molar-refractivity contribution >= 4 is 40.0 Å². The first kappa shape index (κ1) is 21.4. The van der Waals surface area contributed by atoms with Gasteiger partial charge in [0.25, 0.3) is 0 Å². The molecule has 0 unspecified atom stereocenters. The maximum Gasteiger partial charge on any atom is 0.416 e. The minimum absolute atomic E-state index is 0.00118. The number of benzene rings is 2. The molecule has 2 aromatic heterocycles. The van der Waals surface area contributed by atoms with Crippen LogP contribution in [0.15, 0.2) is 61.1 Å². The van der Waals surface area contributed by atoms with Crippen LogP contribution in [0, 0.1) is 0 Å². The number of carbonyl (C=O) groups is 1. The highest BCUT2D eigenvalue weighted by Crippen LogP contribution is 2.34. The summed E-state index contributed by atoms with van der Waals surface area (Å²) >= 11 is 6.29. The van der Waals surface area contributed by atoms with Crippen LogP contribution in [0.3, 0.4) is 0 Å². The molecule has 2 heterocycles. The highest BCUT2D eigenvalue weighted by molar-refractivity contribution is 6.32. The zero-order valence-corrected chi connectivity index (χ0v) is 17.2. The van der Waals surface area contributed by atoms with Crippen molar-refractivity contribution in [1.29, 1.82) is 0 Å². The number of hydrogen-bond donors (Lipinski definition) is 2. The first-order valence-electron chi connectivity index (χ1n) is 9.19. The molecule has 4 aromatic rings. The van der Waals surface area contributed by atoms with Crippen LogP contribution in [0.2, 0.25) is 5.02 Å². The molecule has 0 atom stereocenters. The second kappa shape index (κ2) is 8.39. The van der Waals surface area contributed by atoms with E-state index in [1.165, 1.54) is 30.6 Å². The molecule has 164 valence electrons. The molecule has 0 aliphatic carbocycles. The fourth-order valence-electron chi connectivity index (χ4n) is 2.99. The average molecular weight is 462 g/mol. The molecule has 0 spiro atoms. The van der Waals surface area contributed by atoms with Crippen LogP contribution >= 0.6 is 11.6 Å². The number of alkyl halides is 3. The lowest BCUT2D eigenvalue weighted by atomic mass is 10.2. The number of halogens is 4. The number of urea groups is 1. The van der Waals surface area contributed by atoms with E-state index in [1.54, 1.807) is 6.07 Å². The highest BCUT2D eigenvalue weighted by atomic mass is 35.5. The molecule has 0 aliphatic heterocycles. The Morgan fingerprint density at radius 3 is 2.53 bits per heavy atom. The molecule has 4 rings (SSSR count). The predicted molar refractivity (Wildman–Crippen MR) is 114 cm³/mol. The Bertz CT molecular complexity index is 1310. The summed E-state index contributed by atoms with van der Waals surface area (Å²) < 4.78 is 46.1. The number of hydrogen-bond acceptors (Lipinski definition) is 4. The molecule has 0 saturated heterocycles. The lowest BCUT2D eigenvalue weighted by molar-refractivity contribution is -0.137. The summed E-state index contributed by atoms with van der Waals surface area (Å²) in [6.07, 6.45) is -1.31. The largest absolute Gasteiger partial charge is 0.435 e. The summed E-state index contributed by atoms with van der Waals surface area (Å²) in [5, 5.41) is 5.07. The van der Waals surface area contributed by atoms with Gasteiger partial charge in [-0.3, -0.25) is 0 Å². The topological polar surface area (TPSA) is 81.1 Å². The van der Waals surface area contributed by atoms with Gasteiger partial charge in [0, 0.05) is 24.6 Å². The number of amides is 2. The molecular formula is C21H15ClF3N5O2. The van der Waals surface area contributed by atoms with Gasteiger partial charge in [-0.05, 0) is 42.5 Å². The first-order valence-corrected chi connectivity index (χ1v) is 9.57. The predicted octanol–water partition coefficient (Wildman–Crippen LogP) is 6.08. The molecule has 2 aromatic carbocycles. The van der Waals surface area contributed by atoms with E-state index in [1.807, 2.05) is 23.9 Å². The summed E-state index contributed by atoms with van der Waals surface area (Å²) in [6.45, 7) is 0. The fraction of sp³-hybridized carbons (Fsp3) is 0.0952. The van der Waals surface area contributed by atoms with Crippen LogP contribution in [0.25, 0.3) is 11.0 Å². The second-order valence-electron chi connectivity index (χ2n) is 6.74. The monoisotopic (exact) mass is 461 g/mol. The number of ether oxygens (including phenoxy) is 1. The third-order valence-electron chi connectivity index (χ3n) is 4.47. The van der Waals surface area contributed by atoms with Gasteiger partial charge in [0.15, 0.2) is 0 Å². The van der Waals surface area contributed by atoms with Crippen molar-refractivity contribution in [3.63, 3.8) is 0 Å². The van der Waals surface area contributed by atoms with Crippen molar-refractivity contribution in [2.24, 2.45) is 7.05 Å². The lowest BCUT2D eigenvalue weighted by Crippen LogP contribution is -2.19. The summed E-state index contributed by atoms with van der Waals surface area (Å²) in [7, 11) is 1.83. The summed E-state index contributed by atoms with van der Waals surface area (Å²) in [6, 6.07) is 9.94. The minimum Gasteiger partial charge on any atom is -0.435 e. The molecule has 0 saturated carbocycles. The number of carbonyl (C=O) groups excluding carboxylic acids is 1. The van der Waals surface area contributed by atoms with E-state index in [0.29, 0.717) is 28.4 Å². The van der Waals surface area contributed by atoms with Crippen molar-refractivity contribution in [3.05, 3.63) is 71.6 Å². The van der Waals surface area contributed by atoms with Gasteiger partial charge in [0.05, 0.1) is 16.1 Å². The Morgan fingerprint density at radius 1 is 1.06 bits per heavy atom. The van der Waals surface area contributed by atoms with Gasteiger partial charge in [0.2, 0.25) is 5.88 Å². The van der Waals surface area contributed by atoms with Gasteiger partial charge >= 0.3 is 12.2 Å². The number of fused-ring (bicyclic) bond motifs is 1. The van der Waals surface area contributed by atoms with Crippen LogP contribution in [-0.2, 0) is 13.2 Å². The van der Waals surface area contributed by atoms with Gasteiger partial charge < -0.3 is 19.9 Å². The van der Waals surface area contributed by atoms with Crippen molar-refractivity contribution in [1.82, 2.24) is 14.5 Å². The summed E-state index contributed by atoms with van der Waals surface area (Å²) in [5.74, 6) is 0.615. The molecule has 11 heteroatoms. The molecule has 0 radical (unpaired) electrons. The smallest absolute Gasteiger partial charge is 0.416 e. The molecule has 0 bridgehead atoms. The Hall–Kier alpha value is -3.79. The molecule has 2 amide bonds.